The van der Waals surface area contributed by atoms with E-state index in [1.54, 1.807) is 6.92 Å². The van der Waals surface area contributed by atoms with Gasteiger partial charge in [-0.3, -0.25) is 14.5 Å². The Morgan fingerprint density at radius 1 is 1.26 bits per heavy atom. The molecule has 0 amide bonds. The number of carbonyl (C=O) groups excluding carboxylic acids is 2. The van der Waals surface area contributed by atoms with Crippen LogP contribution >= 0.6 is 0 Å². The molecule has 2 heterocycles. The Hall–Kier alpha value is -1.82. The Balaban J connectivity index is 1.75. The summed E-state index contributed by atoms with van der Waals surface area (Å²) in [5, 5.41) is 0. The molecular weight excluding hydrogens is 296 g/mol. The lowest BCUT2D eigenvalue weighted by molar-refractivity contribution is -0.153. The van der Waals surface area contributed by atoms with Crippen molar-refractivity contribution in [2.75, 3.05) is 26.2 Å². The molecule has 0 aliphatic carbocycles. The van der Waals surface area contributed by atoms with E-state index in [2.05, 4.69) is 0 Å². The number of likely N-dealkylation sites (tertiary alicyclic amines) is 1. The third-order valence-electron chi connectivity index (χ3n) is 4.02. The van der Waals surface area contributed by atoms with Crippen molar-refractivity contribution >= 4 is 11.9 Å². The lowest BCUT2D eigenvalue weighted by atomic mass is 10.1. The minimum Gasteiger partial charge on any atom is -0.465 e. The minimum atomic E-state index is -0.222. The Morgan fingerprint density at radius 2 is 2.00 bits per heavy atom. The molecule has 0 spiro atoms. The molecule has 0 saturated carbocycles. The first-order valence-corrected chi connectivity index (χ1v) is 8.28. The van der Waals surface area contributed by atoms with Crippen LogP contribution in [0, 0.1) is 0 Å². The molecule has 1 fully saturated rings. The molecule has 1 aliphatic rings. The molecule has 2 atom stereocenters. The lowest BCUT2D eigenvalue weighted by Gasteiger charge is -2.31. The zero-order valence-electron chi connectivity index (χ0n) is 13.9. The van der Waals surface area contributed by atoms with Gasteiger partial charge in [0.1, 0.15) is 6.10 Å². The first kappa shape index (κ1) is 17.5. The summed E-state index contributed by atoms with van der Waals surface area (Å²) in [7, 11) is 0. The molecule has 2 unspecified atom stereocenters. The summed E-state index contributed by atoms with van der Waals surface area (Å²) in [5.74, 6) is -0.408. The molecule has 6 nitrogen and oxygen atoms in total. The number of hydrogen-bond acceptors (Lipinski definition) is 5. The third kappa shape index (κ3) is 5.71. The maximum absolute atomic E-state index is 12.1. The molecule has 0 radical (unpaired) electrons. The highest BCUT2D eigenvalue weighted by atomic mass is 16.5. The van der Waals surface area contributed by atoms with Gasteiger partial charge in [-0.15, -0.1) is 0 Å². The highest BCUT2D eigenvalue weighted by Gasteiger charge is 2.25. The second-order valence-corrected chi connectivity index (χ2v) is 5.98. The second kappa shape index (κ2) is 8.72. The van der Waals surface area contributed by atoms with Crippen molar-refractivity contribution in [3.05, 3.63) is 24.5 Å². The zero-order valence-corrected chi connectivity index (χ0v) is 13.9. The van der Waals surface area contributed by atoms with E-state index in [0.717, 1.165) is 19.4 Å². The van der Waals surface area contributed by atoms with E-state index >= 15 is 0 Å². The number of esters is 2. The van der Waals surface area contributed by atoms with Gasteiger partial charge >= 0.3 is 11.9 Å². The van der Waals surface area contributed by atoms with E-state index in [9.17, 15) is 9.59 Å². The van der Waals surface area contributed by atoms with E-state index < -0.39 is 0 Å². The summed E-state index contributed by atoms with van der Waals surface area (Å²) in [6.45, 7) is 5.89. The number of carbonyl (C=O) groups is 2. The van der Waals surface area contributed by atoms with Crippen LogP contribution in [-0.4, -0.2) is 53.8 Å². The number of rotatable bonds is 7. The van der Waals surface area contributed by atoms with Crippen LogP contribution in [-0.2, 0) is 19.1 Å². The van der Waals surface area contributed by atoms with Crippen molar-refractivity contribution < 1.29 is 19.1 Å². The fourth-order valence-corrected chi connectivity index (χ4v) is 2.86. The van der Waals surface area contributed by atoms with E-state index in [0.29, 0.717) is 19.6 Å². The Bertz CT molecular complexity index is 501. The topological polar surface area (TPSA) is 60.8 Å². The summed E-state index contributed by atoms with van der Waals surface area (Å²) in [4.78, 5) is 25.6. The Labute approximate surface area is 137 Å². The Morgan fingerprint density at radius 3 is 2.70 bits per heavy atom. The maximum Gasteiger partial charge on any atom is 0.320 e. The van der Waals surface area contributed by atoms with Crippen LogP contribution in [0.1, 0.15) is 39.2 Å². The lowest BCUT2D eigenvalue weighted by Crippen LogP contribution is -2.43. The van der Waals surface area contributed by atoms with E-state index in [4.69, 9.17) is 9.47 Å². The highest BCUT2D eigenvalue weighted by molar-refractivity contribution is 5.71. The van der Waals surface area contributed by atoms with Crippen molar-refractivity contribution in [3.8, 4) is 0 Å². The van der Waals surface area contributed by atoms with Crippen molar-refractivity contribution in [1.82, 2.24) is 9.47 Å². The molecule has 6 heteroatoms. The Kier molecular flexibility index (Phi) is 6.65. The molecule has 1 aromatic heterocycles. The first-order chi connectivity index (χ1) is 11.1. The fraction of sp³-hybridized carbons (Fsp3) is 0.647. The molecule has 0 bridgehead atoms. The summed E-state index contributed by atoms with van der Waals surface area (Å²) in [6.07, 6.45) is 5.87. The standard InChI is InChI=1S/C17H26N2O4/c1-3-22-17(21)13-18-8-6-7-15(12-18)23-16(20)11-14(2)19-9-4-5-10-19/h4-5,9-10,14-15H,3,6-8,11-13H2,1-2H3. The van der Waals surface area contributed by atoms with Crippen LogP contribution in [0.5, 0.6) is 0 Å². The number of hydrogen-bond donors (Lipinski definition) is 0. The number of nitrogens with zero attached hydrogens (tertiary/aromatic N) is 2. The molecule has 2 rings (SSSR count). The zero-order chi connectivity index (χ0) is 16.7. The third-order valence-corrected chi connectivity index (χ3v) is 4.02. The van der Waals surface area contributed by atoms with Gasteiger partial charge in [-0.05, 0) is 45.4 Å². The van der Waals surface area contributed by atoms with Crippen LogP contribution in [0.25, 0.3) is 0 Å². The predicted molar refractivity (Wildman–Crippen MR) is 85.9 cm³/mol. The van der Waals surface area contributed by atoms with Crippen molar-refractivity contribution in [3.63, 3.8) is 0 Å². The van der Waals surface area contributed by atoms with Gasteiger partial charge in [-0.25, -0.2) is 0 Å². The van der Waals surface area contributed by atoms with Crippen molar-refractivity contribution in [2.24, 2.45) is 0 Å². The molecular formula is C17H26N2O4. The summed E-state index contributed by atoms with van der Waals surface area (Å²) >= 11 is 0. The predicted octanol–water partition coefficient (Wildman–Crippen LogP) is 2.01. The van der Waals surface area contributed by atoms with Gasteiger partial charge in [0.2, 0.25) is 0 Å². The van der Waals surface area contributed by atoms with Crippen LogP contribution in [0.3, 0.4) is 0 Å². The normalized spacial score (nSPS) is 20.0. The minimum absolute atomic E-state index is 0.0803. The van der Waals surface area contributed by atoms with Crippen molar-refractivity contribution in [2.45, 2.75) is 45.3 Å². The molecule has 23 heavy (non-hydrogen) atoms. The SMILES string of the molecule is CCOC(=O)CN1CCCC(OC(=O)CC(C)n2cccc2)C1. The van der Waals surface area contributed by atoms with Crippen molar-refractivity contribution in [1.29, 1.82) is 0 Å². The summed E-state index contributed by atoms with van der Waals surface area (Å²) in [6, 6.07) is 3.96. The van der Waals surface area contributed by atoms with Gasteiger partial charge in [-0.1, -0.05) is 0 Å². The van der Waals surface area contributed by atoms with Gasteiger partial charge in [0.25, 0.3) is 0 Å². The fourth-order valence-electron chi connectivity index (χ4n) is 2.86. The number of aromatic nitrogens is 1. The van der Waals surface area contributed by atoms with E-state index in [1.165, 1.54) is 0 Å². The number of piperidine rings is 1. The molecule has 1 aliphatic heterocycles. The second-order valence-electron chi connectivity index (χ2n) is 5.98. The summed E-state index contributed by atoms with van der Waals surface area (Å²) < 4.78 is 12.5. The largest absolute Gasteiger partial charge is 0.465 e. The van der Waals surface area contributed by atoms with Gasteiger partial charge in [0.15, 0.2) is 0 Å². The van der Waals surface area contributed by atoms with Crippen LogP contribution < -0.4 is 0 Å². The maximum atomic E-state index is 12.1. The monoisotopic (exact) mass is 322 g/mol. The smallest absolute Gasteiger partial charge is 0.320 e. The quantitative estimate of drug-likeness (QED) is 0.719. The first-order valence-electron chi connectivity index (χ1n) is 8.28. The molecule has 1 aromatic rings. The van der Waals surface area contributed by atoms with Crippen LogP contribution in [0.2, 0.25) is 0 Å². The molecule has 1 saturated heterocycles. The van der Waals surface area contributed by atoms with Gasteiger partial charge in [0.05, 0.1) is 19.6 Å². The van der Waals surface area contributed by atoms with E-state index in [-0.39, 0.29) is 30.6 Å². The highest BCUT2D eigenvalue weighted by Crippen LogP contribution is 2.17. The van der Waals surface area contributed by atoms with Gasteiger partial charge < -0.3 is 14.0 Å². The average molecular weight is 322 g/mol. The molecule has 128 valence electrons. The molecule has 0 N–H and O–H groups in total. The summed E-state index contributed by atoms with van der Waals surface area (Å²) in [5.41, 5.74) is 0. The van der Waals surface area contributed by atoms with Gasteiger partial charge in [-0.2, -0.15) is 0 Å². The molecule has 0 aromatic carbocycles. The van der Waals surface area contributed by atoms with E-state index in [1.807, 2.05) is 40.9 Å². The number of ether oxygens (including phenoxy) is 2. The van der Waals surface area contributed by atoms with Crippen LogP contribution in [0.4, 0.5) is 0 Å². The average Bonchev–Trinajstić information content (AvgIpc) is 3.01. The van der Waals surface area contributed by atoms with Crippen LogP contribution in [0.15, 0.2) is 24.5 Å². The van der Waals surface area contributed by atoms with Gasteiger partial charge in [0, 0.05) is 25.0 Å².